The molecule has 5 rings (SSSR count). The predicted octanol–water partition coefficient (Wildman–Crippen LogP) is 3.85. The zero-order valence-corrected chi connectivity index (χ0v) is 25.1. The van der Waals surface area contributed by atoms with Crippen molar-refractivity contribution in [2.75, 3.05) is 63.1 Å². The number of hydrogen-bond acceptors (Lipinski definition) is 8. The molecule has 1 fully saturated rings. The molecule has 11 nitrogen and oxygen atoms in total. The number of carbonyl (C=O) groups excluding carboxylic acids is 3. The van der Waals surface area contributed by atoms with Crippen molar-refractivity contribution in [3.05, 3.63) is 83.1 Å². The highest BCUT2D eigenvalue weighted by atomic mass is 16.6. The van der Waals surface area contributed by atoms with Gasteiger partial charge in [0.05, 0.1) is 17.8 Å². The molecule has 3 aliphatic heterocycles. The minimum Gasteiger partial charge on any atom is -0.413 e. The maximum atomic E-state index is 14.2. The van der Waals surface area contributed by atoms with Gasteiger partial charge in [0.15, 0.2) is 5.70 Å². The molecular weight excluding hydrogens is 546 g/mol. The number of likely N-dealkylation sites (N-methyl/N-ethyl adjacent to an activating group) is 1. The first-order valence-electron chi connectivity index (χ1n) is 14.8. The van der Waals surface area contributed by atoms with Crippen LogP contribution in [0.25, 0.3) is 0 Å². The van der Waals surface area contributed by atoms with Gasteiger partial charge < -0.3 is 25.2 Å². The zero-order valence-electron chi connectivity index (χ0n) is 25.1. The molecule has 3 aliphatic rings. The Labute approximate surface area is 252 Å². The molecule has 3 heterocycles. The third-order valence-corrected chi connectivity index (χ3v) is 8.21. The summed E-state index contributed by atoms with van der Waals surface area (Å²) < 4.78 is 4.36. The van der Waals surface area contributed by atoms with Gasteiger partial charge in [-0.2, -0.15) is 4.79 Å². The Morgan fingerprint density at radius 2 is 1.67 bits per heavy atom. The van der Waals surface area contributed by atoms with Crippen molar-refractivity contribution in [1.29, 1.82) is 0 Å². The number of imide groups is 1. The normalized spacial score (nSPS) is 20.0. The van der Waals surface area contributed by atoms with Gasteiger partial charge in [0.1, 0.15) is 6.61 Å². The number of aryl methyl sites for hydroxylation is 2. The lowest BCUT2D eigenvalue weighted by molar-refractivity contribution is -0.738. The smallest absolute Gasteiger partial charge is 0.413 e. The second kappa shape index (κ2) is 12.9. The number of anilines is 2. The Bertz CT molecular complexity index is 1450. The van der Waals surface area contributed by atoms with Crippen molar-refractivity contribution in [2.45, 2.75) is 26.7 Å². The maximum Gasteiger partial charge on any atom is 0.558 e. The summed E-state index contributed by atoms with van der Waals surface area (Å²) in [5, 5.41) is 13.7. The van der Waals surface area contributed by atoms with Gasteiger partial charge in [-0.15, -0.1) is 0 Å². The molecule has 2 aromatic rings. The van der Waals surface area contributed by atoms with Crippen LogP contribution in [0.3, 0.4) is 0 Å². The largest absolute Gasteiger partial charge is 0.558 e. The summed E-state index contributed by atoms with van der Waals surface area (Å²) in [6.45, 7) is 11.9. The van der Waals surface area contributed by atoms with E-state index in [2.05, 4.69) is 44.5 Å². The van der Waals surface area contributed by atoms with E-state index in [0.717, 1.165) is 43.0 Å². The van der Waals surface area contributed by atoms with E-state index in [9.17, 15) is 14.4 Å². The fourth-order valence-corrected chi connectivity index (χ4v) is 5.70. The van der Waals surface area contributed by atoms with Gasteiger partial charge in [-0.25, -0.2) is 4.79 Å². The number of rotatable bonds is 7. The molecule has 0 spiro atoms. The average molecular weight is 587 g/mol. The van der Waals surface area contributed by atoms with E-state index in [1.54, 1.807) is 12.1 Å². The molecule has 4 amide bonds. The summed E-state index contributed by atoms with van der Waals surface area (Å²) in [7, 11) is 2.11. The molecule has 11 heteroatoms. The summed E-state index contributed by atoms with van der Waals surface area (Å²) >= 11 is 0. The van der Waals surface area contributed by atoms with Crippen molar-refractivity contribution in [2.24, 2.45) is 5.10 Å². The molecular formula is C32H40N7O4+. The van der Waals surface area contributed by atoms with E-state index < -0.39 is 16.7 Å². The van der Waals surface area contributed by atoms with Crippen LogP contribution in [0.1, 0.15) is 35.3 Å². The second-order valence-electron chi connectivity index (χ2n) is 10.9. The minimum absolute atomic E-state index is 0.0925. The van der Waals surface area contributed by atoms with Gasteiger partial charge in [-0.3, -0.25) is 10.1 Å². The van der Waals surface area contributed by atoms with Crippen LogP contribution in [0.4, 0.5) is 21.0 Å². The fraction of sp³-hybridized carbons (Fsp3) is 0.375. The number of urea groups is 1. The molecule has 0 aliphatic carbocycles. The Morgan fingerprint density at radius 3 is 2.30 bits per heavy atom. The van der Waals surface area contributed by atoms with Crippen LogP contribution < -0.4 is 20.9 Å². The van der Waals surface area contributed by atoms with Gasteiger partial charge >= 0.3 is 12.1 Å². The van der Waals surface area contributed by atoms with Crippen molar-refractivity contribution in [1.82, 2.24) is 15.5 Å². The first kappa shape index (κ1) is 30.1. The van der Waals surface area contributed by atoms with Crippen molar-refractivity contribution in [3.8, 4) is 0 Å². The summed E-state index contributed by atoms with van der Waals surface area (Å²) in [6, 6.07) is 12.6. The molecule has 1 atom stereocenters. The van der Waals surface area contributed by atoms with Crippen LogP contribution >= 0.6 is 0 Å². The van der Waals surface area contributed by atoms with Crippen LogP contribution in [0.2, 0.25) is 0 Å². The summed E-state index contributed by atoms with van der Waals surface area (Å²) in [5.74, 6) is -0.217. The molecule has 3 N–H and O–H groups in total. The Balaban J connectivity index is 1.45. The highest BCUT2D eigenvalue weighted by molar-refractivity contribution is 6.14. The fourth-order valence-electron chi connectivity index (χ4n) is 5.70. The van der Waals surface area contributed by atoms with Crippen LogP contribution in [0, 0.1) is 0 Å². The number of ether oxygens (including phenoxy) is 1. The van der Waals surface area contributed by atoms with Crippen LogP contribution in [0.5, 0.6) is 0 Å². The van der Waals surface area contributed by atoms with Crippen molar-refractivity contribution < 1.29 is 23.7 Å². The van der Waals surface area contributed by atoms with E-state index >= 15 is 0 Å². The first-order valence-corrected chi connectivity index (χ1v) is 14.8. The highest BCUT2D eigenvalue weighted by Crippen LogP contribution is 2.35. The number of nitrogens with zero attached hydrogens (tertiary/aromatic N) is 4. The molecule has 1 unspecified atom stereocenters. The van der Waals surface area contributed by atoms with Crippen LogP contribution in [0.15, 0.2) is 71.5 Å². The molecule has 0 aromatic heterocycles. The Morgan fingerprint density at radius 1 is 1.00 bits per heavy atom. The van der Waals surface area contributed by atoms with Gasteiger partial charge in [0, 0.05) is 48.6 Å². The van der Waals surface area contributed by atoms with Crippen LogP contribution in [-0.2, 0) is 17.6 Å². The number of amides is 4. The van der Waals surface area contributed by atoms with E-state index in [4.69, 9.17) is 4.74 Å². The standard InChI is InChI=1S/C32H39N7O4/c1-5-19-43-32(42)39(31(41)34-28-22(6-2)9-8-10-23(28)7-3)27-21-33-20-26(27)29(36-39)35-30(40)24-11-13-25(14-12-24)38-17-15-37(4)16-18-38/h5,8-14,33H,1,6-7,15-21H2,2-4H3,(H-,34,35,36,40,41)/p+1. The maximum absolute atomic E-state index is 14.2. The molecule has 43 heavy (non-hydrogen) atoms. The van der Waals surface area contributed by atoms with E-state index in [1.807, 2.05) is 44.2 Å². The van der Waals surface area contributed by atoms with Crippen molar-refractivity contribution >= 4 is 35.2 Å². The first-order chi connectivity index (χ1) is 20.8. The molecule has 0 saturated carbocycles. The predicted molar refractivity (Wildman–Crippen MR) is 167 cm³/mol. The molecule has 1 saturated heterocycles. The third kappa shape index (κ3) is 5.83. The van der Waals surface area contributed by atoms with Crippen LogP contribution in [-0.4, -0.2) is 86.3 Å². The summed E-state index contributed by atoms with van der Waals surface area (Å²) in [6.07, 6.45) is 1.95. The van der Waals surface area contributed by atoms with Crippen molar-refractivity contribution in [3.63, 3.8) is 0 Å². The van der Waals surface area contributed by atoms with Gasteiger partial charge in [0.2, 0.25) is 5.84 Å². The average Bonchev–Trinajstić information content (AvgIpc) is 3.63. The lowest BCUT2D eigenvalue weighted by Gasteiger charge is -2.34. The SMILES string of the molecule is C=CCOC(=O)[N+]1(C(=O)Nc2c(CC)cccc2CC)N=C(NC(=O)c2ccc(N3CCN(C)CC3)cc2)C2=C1CNC2. The second-order valence-corrected chi connectivity index (χ2v) is 10.9. The molecule has 0 radical (unpaired) electrons. The number of para-hydroxylation sites is 1. The lowest BCUT2D eigenvalue weighted by atomic mass is 10.0. The monoisotopic (exact) mass is 586 g/mol. The number of quaternary nitrogens is 1. The molecule has 226 valence electrons. The lowest BCUT2D eigenvalue weighted by Crippen LogP contribution is -2.54. The quantitative estimate of drug-likeness (QED) is 0.334. The number of piperazine rings is 1. The molecule has 2 aromatic carbocycles. The number of benzene rings is 2. The summed E-state index contributed by atoms with van der Waals surface area (Å²) in [5.41, 5.74) is 5.06. The topological polar surface area (TPSA) is 115 Å². The number of hydrogen-bond donors (Lipinski definition) is 3. The van der Waals surface area contributed by atoms with Gasteiger partial charge in [0.25, 0.3) is 5.91 Å². The zero-order chi connectivity index (χ0) is 30.6. The number of carbonyl (C=O) groups is 3. The highest BCUT2D eigenvalue weighted by Gasteiger charge is 2.60. The molecule has 0 bridgehead atoms. The third-order valence-electron chi connectivity index (χ3n) is 8.21. The number of amidine groups is 1. The summed E-state index contributed by atoms with van der Waals surface area (Å²) in [4.78, 5) is 45.8. The minimum atomic E-state index is -1.07. The van der Waals surface area contributed by atoms with E-state index in [0.29, 0.717) is 41.9 Å². The van der Waals surface area contributed by atoms with Gasteiger partial charge in [-0.1, -0.05) is 44.7 Å². The Hall–Kier alpha value is -4.32. The van der Waals surface area contributed by atoms with Gasteiger partial charge in [-0.05, 0) is 60.4 Å². The Kier molecular flexibility index (Phi) is 9.05. The number of nitrogens with one attached hydrogen (secondary N) is 3. The van der Waals surface area contributed by atoms with E-state index in [-0.39, 0.29) is 24.9 Å². The van der Waals surface area contributed by atoms with E-state index in [1.165, 1.54) is 6.08 Å².